The molecule has 3 rings (SSSR count). The second-order valence-corrected chi connectivity index (χ2v) is 5.24. The fourth-order valence-corrected chi connectivity index (χ4v) is 2.79. The van der Waals surface area contributed by atoms with E-state index in [1.165, 1.54) is 26.5 Å². The summed E-state index contributed by atoms with van der Waals surface area (Å²) in [6.45, 7) is 1.67. The van der Waals surface area contributed by atoms with Gasteiger partial charge in [0.15, 0.2) is 11.5 Å². The zero-order chi connectivity index (χ0) is 17.4. The number of methoxy groups -OCH3 is 2. The molecule has 6 nitrogen and oxygen atoms in total. The van der Waals surface area contributed by atoms with E-state index in [1.807, 2.05) is 0 Å². The van der Waals surface area contributed by atoms with E-state index in [-0.39, 0.29) is 39.5 Å². The van der Waals surface area contributed by atoms with Gasteiger partial charge in [0.25, 0.3) is 0 Å². The monoisotopic (exact) mass is 328 g/mol. The SMILES string of the molecule is COc1c(O)c(OC)c2c(=O)c(-c3ccccc3O)coc2c1C. The average Bonchev–Trinajstić information content (AvgIpc) is 2.57. The lowest BCUT2D eigenvalue weighted by molar-refractivity contribution is 0.340. The Balaban J connectivity index is 2.46. The number of rotatable bonds is 3. The van der Waals surface area contributed by atoms with E-state index < -0.39 is 5.43 Å². The normalized spacial score (nSPS) is 10.8. The first-order valence-electron chi connectivity index (χ1n) is 7.18. The minimum absolute atomic E-state index is 0.0292. The number of aryl methyl sites for hydroxylation is 1. The smallest absolute Gasteiger partial charge is 0.204 e. The summed E-state index contributed by atoms with van der Waals surface area (Å²) in [5, 5.41) is 20.4. The van der Waals surface area contributed by atoms with E-state index in [4.69, 9.17) is 13.9 Å². The van der Waals surface area contributed by atoms with Crippen LogP contribution in [0.2, 0.25) is 0 Å². The molecule has 3 aromatic rings. The van der Waals surface area contributed by atoms with Gasteiger partial charge in [-0.25, -0.2) is 0 Å². The highest BCUT2D eigenvalue weighted by molar-refractivity contribution is 5.94. The lowest BCUT2D eigenvalue weighted by Gasteiger charge is -2.14. The van der Waals surface area contributed by atoms with E-state index in [2.05, 4.69) is 0 Å². The predicted molar refractivity (Wildman–Crippen MR) is 89.1 cm³/mol. The summed E-state index contributed by atoms with van der Waals surface area (Å²) >= 11 is 0. The highest BCUT2D eigenvalue weighted by Crippen LogP contribution is 2.45. The number of aromatic hydroxyl groups is 2. The van der Waals surface area contributed by atoms with Gasteiger partial charge in [0.05, 0.1) is 19.8 Å². The van der Waals surface area contributed by atoms with Crippen molar-refractivity contribution in [3.8, 4) is 34.1 Å². The van der Waals surface area contributed by atoms with E-state index in [1.54, 1.807) is 25.1 Å². The molecule has 124 valence electrons. The Bertz CT molecular complexity index is 987. The summed E-state index contributed by atoms with van der Waals surface area (Å²) in [4.78, 5) is 13.0. The first-order valence-corrected chi connectivity index (χ1v) is 7.18. The second kappa shape index (κ2) is 5.81. The van der Waals surface area contributed by atoms with Gasteiger partial charge in [-0.15, -0.1) is 0 Å². The standard InChI is InChI=1S/C18H16O6/c1-9-16-13(18(23-3)15(21)17(9)22-2)14(20)11(8-24-16)10-6-4-5-7-12(10)19/h4-8,19,21H,1-3H3. The maximum absolute atomic E-state index is 13.0. The molecule has 0 unspecified atom stereocenters. The van der Waals surface area contributed by atoms with Crippen molar-refractivity contribution in [2.45, 2.75) is 6.92 Å². The van der Waals surface area contributed by atoms with Crippen molar-refractivity contribution in [3.05, 3.63) is 46.3 Å². The maximum Gasteiger partial charge on any atom is 0.204 e. The van der Waals surface area contributed by atoms with Crippen molar-refractivity contribution < 1.29 is 24.1 Å². The van der Waals surface area contributed by atoms with Gasteiger partial charge in [0.2, 0.25) is 11.2 Å². The molecule has 0 spiro atoms. The van der Waals surface area contributed by atoms with Gasteiger partial charge in [0, 0.05) is 11.1 Å². The number of hydrogen-bond donors (Lipinski definition) is 2. The molecule has 6 heteroatoms. The summed E-state index contributed by atoms with van der Waals surface area (Å²) in [6, 6.07) is 6.44. The van der Waals surface area contributed by atoms with E-state index in [9.17, 15) is 15.0 Å². The number of phenolic OH excluding ortho intramolecular Hbond substituents is 2. The van der Waals surface area contributed by atoms with Gasteiger partial charge >= 0.3 is 0 Å². The van der Waals surface area contributed by atoms with Crippen LogP contribution in [0.4, 0.5) is 0 Å². The first-order chi connectivity index (χ1) is 11.5. The molecule has 0 aliphatic carbocycles. The highest BCUT2D eigenvalue weighted by atomic mass is 16.5. The van der Waals surface area contributed by atoms with Crippen LogP contribution in [-0.2, 0) is 0 Å². The van der Waals surface area contributed by atoms with Crippen molar-refractivity contribution in [2.24, 2.45) is 0 Å². The maximum atomic E-state index is 13.0. The van der Waals surface area contributed by atoms with E-state index in [0.29, 0.717) is 11.1 Å². The van der Waals surface area contributed by atoms with E-state index >= 15 is 0 Å². The molecule has 0 aliphatic heterocycles. The van der Waals surface area contributed by atoms with Crippen LogP contribution in [0, 0.1) is 6.92 Å². The predicted octanol–water partition coefficient (Wildman–Crippen LogP) is 3.20. The number of benzene rings is 2. The van der Waals surface area contributed by atoms with Gasteiger partial charge in [-0.2, -0.15) is 0 Å². The molecule has 0 saturated carbocycles. The number of para-hydroxylation sites is 1. The van der Waals surface area contributed by atoms with Crippen LogP contribution in [0.3, 0.4) is 0 Å². The van der Waals surface area contributed by atoms with Gasteiger partial charge in [-0.3, -0.25) is 4.79 Å². The molecule has 0 atom stereocenters. The topological polar surface area (TPSA) is 89.1 Å². The fourth-order valence-electron chi connectivity index (χ4n) is 2.79. The molecule has 0 fully saturated rings. The van der Waals surface area contributed by atoms with Crippen LogP contribution in [0.25, 0.3) is 22.1 Å². The molecule has 0 bridgehead atoms. The van der Waals surface area contributed by atoms with Crippen LogP contribution in [0.1, 0.15) is 5.56 Å². The molecule has 1 heterocycles. The van der Waals surface area contributed by atoms with Crippen molar-refractivity contribution in [3.63, 3.8) is 0 Å². The highest BCUT2D eigenvalue weighted by Gasteiger charge is 2.24. The Hall–Kier alpha value is -3.15. The third kappa shape index (κ3) is 2.15. The Morgan fingerprint density at radius 3 is 2.29 bits per heavy atom. The molecule has 0 saturated heterocycles. The van der Waals surface area contributed by atoms with Crippen molar-refractivity contribution in [1.29, 1.82) is 0 Å². The minimum Gasteiger partial charge on any atom is -0.507 e. The minimum atomic E-state index is -0.421. The van der Waals surface area contributed by atoms with Crippen LogP contribution >= 0.6 is 0 Å². The molecular formula is C18H16O6. The number of fused-ring (bicyclic) bond motifs is 1. The number of ether oxygens (including phenoxy) is 2. The Morgan fingerprint density at radius 2 is 1.67 bits per heavy atom. The Kier molecular flexibility index (Phi) is 3.81. The zero-order valence-corrected chi connectivity index (χ0v) is 13.4. The Labute approximate surface area is 137 Å². The Morgan fingerprint density at radius 1 is 1.00 bits per heavy atom. The lowest BCUT2D eigenvalue weighted by atomic mass is 10.0. The molecule has 0 amide bonds. The summed E-state index contributed by atoms with van der Waals surface area (Å²) in [6.07, 6.45) is 1.28. The lowest BCUT2D eigenvalue weighted by Crippen LogP contribution is -2.08. The van der Waals surface area contributed by atoms with Crippen molar-refractivity contribution in [2.75, 3.05) is 14.2 Å². The van der Waals surface area contributed by atoms with Crippen molar-refractivity contribution >= 4 is 11.0 Å². The van der Waals surface area contributed by atoms with Crippen LogP contribution in [0.15, 0.2) is 39.7 Å². The number of hydrogen-bond acceptors (Lipinski definition) is 6. The molecular weight excluding hydrogens is 312 g/mol. The van der Waals surface area contributed by atoms with Crippen LogP contribution < -0.4 is 14.9 Å². The van der Waals surface area contributed by atoms with Crippen molar-refractivity contribution in [1.82, 2.24) is 0 Å². The first kappa shape index (κ1) is 15.7. The van der Waals surface area contributed by atoms with Gasteiger partial charge in [-0.1, -0.05) is 18.2 Å². The number of phenols is 2. The second-order valence-electron chi connectivity index (χ2n) is 5.24. The molecule has 2 aromatic carbocycles. The largest absolute Gasteiger partial charge is 0.507 e. The van der Waals surface area contributed by atoms with Gasteiger partial charge in [0.1, 0.15) is 23.0 Å². The summed E-state index contributed by atoms with van der Waals surface area (Å²) in [7, 11) is 2.75. The third-order valence-corrected chi connectivity index (χ3v) is 3.93. The molecule has 0 radical (unpaired) electrons. The third-order valence-electron chi connectivity index (χ3n) is 3.93. The summed E-state index contributed by atoms with van der Waals surface area (Å²) < 4.78 is 16.0. The summed E-state index contributed by atoms with van der Waals surface area (Å²) in [5.41, 5.74) is 0.819. The van der Waals surface area contributed by atoms with Gasteiger partial charge < -0.3 is 24.1 Å². The summed E-state index contributed by atoms with van der Waals surface area (Å²) in [5.74, 6) is -0.166. The van der Waals surface area contributed by atoms with Gasteiger partial charge in [-0.05, 0) is 13.0 Å². The fraction of sp³-hybridized carbons (Fsp3) is 0.167. The van der Waals surface area contributed by atoms with Crippen LogP contribution in [0.5, 0.6) is 23.0 Å². The molecule has 0 aliphatic rings. The zero-order valence-electron chi connectivity index (χ0n) is 13.4. The van der Waals surface area contributed by atoms with Crippen LogP contribution in [-0.4, -0.2) is 24.4 Å². The average molecular weight is 328 g/mol. The molecule has 2 N–H and O–H groups in total. The molecule has 24 heavy (non-hydrogen) atoms. The van der Waals surface area contributed by atoms with E-state index in [0.717, 1.165) is 0 Å². The molecule has 1 aromatic heterocycles. The quantitative estimate of drug-likeness (QED) is 0.767.